The third-order valence-electron chi connectivity index (χ3n) is 17.0. The number of amides is 9. The molecule has 0 unspecified atom stereocenters. The fourth-order valence-electron chi connectivity index (χ4n) is 10.3. The first-order valence-corrected chi connectivity index (χ1v) is 40.2. The minimum absolute atomic E-state index is 0.0263. The molecular formula is C78H126N18O15S4. The second-order valence-electron chi connectivity index (χ2n) is 29.9. The lowest BCUT2D eigenvalue weighted by atomic mass is 10.0. The molecule has 5 aliphatic rings. The predicted octanol–water partition coefficient (Wildman–Crippen LogP) is 12.4. The molecule has 642 valence electrons. The summed E-state index contributed by atoms with van der Waals surface area (Å²) in [5.74, 6) is 3.23. The molecule has 5 aliphatic heterocycles. The number of aryl methyl sites for hydroxylation is 1. The Morgan fingerprint density at radius 1 is 0.470 bits per heavy atom. The Labute approximate surface area is 697 Å². The molecule has 0 atom stereocenters. The smallest absolute Gasteiger partial charge is 0.327 e. The summed E-state index contributed by atoms with van der Waals surface area (Å²) in [5.41, 5.74) is 1.56. The Morgan fingerprint density at radius 2 is 0.913 bits per heavy atom. The van der Waals surface area contributed by atoms with Gasteiger partial charge < -0.3 is 57.0 Å². The van der Waals surface area contributed by atoms with Gasteiger partial charge in [0.05, 0.1) is 37.7 Å². The summed E-state index contributed by atoms with van der Waals surface area (Å²) in [6.45, 7) is 58.5. The van der Waals surface area contributed by atoms with Gasteiger partial charge in [-0.25, -0.2) is 19.4 Å². The van der Waals surface area contributed by atoms with Crippen LogP contribution in [0.2, 0.25) is 0 Å². The normalized spacial score (nSPS) is 14.6. The Morgan fingerprint density at radius 3 is 1.19 bits per heavy atom. The van der Waals surface area contributed by atoms with Crippen LogP contribution in [0.5, 0.6) is 5.75 Å². The minimum Gasteiger partial charge on any atom is -0.502 e. The van der Waals surface area contributed by atoms with Gasteiger partial charge in [-0.3, -0.25) is 58.3 Å². The fraction of sp³-hybridized carbons (Fsp3) is 0.615. The molecule has 5 fully saturated rings. The number of hydrogen-bond acceptors (Lipinski definition) is 23. The molecule has 0 bridgehead atoms. The highest BCUT2D eigenvalue weighted by atomic mass is 32.1. The van der Waals surface area contributed by atoms with Crippen molar-refractivity contribution in [3.63, 3.8) is 0 Å². The van der Waals surface area contributed by atoms with Crippen LogP contribution in [0.25, 0.3) is 0 Å². The van der Waals surface area contributed by atoms with Gasteiger partial charge in [-0.15, -0.1) is 10.2 Å². The molecule has 0 saturated carbocycles. The van der Waals surface area contributed by atoms with Crippen LogP contribution in [-0.4, -0.2) is 247 Å². The van der Waals surface area contributed by atoms with Gasteiger partial charge in [0.15, 0.2) is 21.4 Å². The quantitative estimate of drug-likeness (QED) is 0.0548. The molecule has 0 aromatic carbocycles. The highest BCUT2D eigenvalue weighted by Crippen LogP contribution is 2.20. The first kappa shape index (κ1) is 103. The van der Waals surface area contributed by atoms with Crippen molar-refractivity contribution in [2.75, 3.05) is 66.0 Å². The monoisotopic (exact) mass is 1680 g/mol. The number of H-pyrrole nitrogens is 3. The Bertz CT molecular complexity index is 4050. The van der Waals surface area contributed by atoms with Gasteiger partial charge in [0, 0.05) is 110 Å². The zero-order valence-electron chi connectivity index (χ0n) is 72.4. The minimum atomic E-state index is -0.389. The number of aromatic amines is 3. The largest absolute Gasteiger partial charge is 0.502 e. The van der Waals surface area contributed by atoms with E-state index in [2.05, 4.69) is 93.6 Å². The van der Waals surface area contributed by atoms with E-state index < -0.39 is 0 Å². The maximum atomic E-state index is 11.6. The van der Waals surface area contributed by atoms with E-state index in [4.69, 9.17) is 67.3 Å². The molecule has 0 aliphatic carbocycles. The lowest BCUT2D eigenvalue weighted by molar-refractivity contribution is -0.127. The zero-order valence-corrected chi connectivity index (χ0v) is 75.7. The molecule has 6 aromatic heterocycles. The number of likely N-dealkylation sites (N-methyl/N-ethyl adjacent to an activating group) is 5. The Hall–Kier alpha value is -9.62. The summed E-state index contributed by atoms with van der Waals surface area (Å²) in [4.78, 5) is 134. The number of hydrogen-bond donors (Lipinski definition) is 4. The first-order valence-electron chi connectivity index (χ1n) is 38.5. The van der Waals surface area contributed by atoms with Crippen molar-refractivity contribution in [2.45, 2.75) is 253 Å². The van der Waals surface area contributed by atoms with E-state index in [-0.39, 0.29) is 124 Å². The molecule has 6 aromatic rings. The second kappa shape index (κ2) is 50.7. The van der Waals surface area contributed by atoms with Crippen LogP contribution >= 0.6 is 48.9 Å². The molecule has 0 radical (unpaired) electrons. The Kier molecular flexibility index (Phi) is 45.6. The number of nitrogens with zero attached hydrogens (tertiary/aromatic N) is 15. The maximum Gasteiger partial charge on any atom is 0.327 e. The van der Waals surface area contributed by atoms with Crippen molar-refractivity contribution in [2.24, 2.45) is 0 Å². The third-order valence-corrected chi connectivity index (χ3v) is 18.6. The van der Waals surface area contributed by atoms with Gasteiger partial charge in [0.2, 0.25) is 11.3 Å². The van der Waals surface area contributed by atoms with E-state index in [0.717, 1.165) is 58.9 Å². The average molecular weight is 1680 g/mol. The molecule has 33 nitrogen and oxygen atoms in total. The van der Waals surface area contributed by atoms with Crippen LogP contribution in [0.1, 0.15) is 250 Å². The molecule has 5 saturated heterocycles. The van der Waals surface area contributed by atoms with Gasteiger partial charge >= 0.3 is 18.1 Å². The molecule has 11 heterocycles. The zero-order chi connectivity index (χ0) is 88.3. The summed E-state index contributed by atoms with van der Waals surface area (Å²) < 4.78 is 21.2. The van der Waals surface area contributed by atoms with Crippen molar-refractivity contribution in [1.29, 1.82) is 0 Å². The van der Waals surface area contributed by atoms with Crippen molar-refractivity contribution >= 4 is 105 Å². The molecule has 4 N–H and O–H groups in total. The average Bonchev–Trinajstić information content (AvgIpc) is 1.70. The number of urea groups is 3. The SMILES string of the molecule is CC(C)N1C(=O)CN(C)C1=O.CC(C)c1cc(=O)[nH]o1.CC(C)c1cc(=O)c(O)co1.CC(C)c1co[nH]c1=O.CC(C)c1ncn[nH]1.CC(C)n1cnnc1.CCN1CC(=O)N(C(C)C)C1=O.CCN1CC(=O)N(C(C)C)C1=S.CCN1CC(=S)N(C(C)C)C1=O.CCN1CC(=S)N(C(C)C)C1=S.Cc1cocc(C(C)C)c1=O. The molecule has 0 spiro atoms. The number of nitrogens with one attached hydrogen (secondary N) is 3. The van der Waals surface area contributed by atoms with Crippen LogP contribution < -0.4 is 22.0 Å². The van der Waals surface area contributed by atoms with E-state index in [1.54, 1.807) is 46.2 Å². The van der Waals surface area contributed by atoms with E-state index in [1.165, 1.54) is 51.9 Å². The van der Waals surface area contributed by atoms with Crippen molar-refractivity contribution in [3.8, 4) is 5.75 Å². The summed E-state index contributed by atoms with van der Waals surface area (Å²) in [6.07, 6.45) is 10.5. The van der Waals surface area contributed by atoms with Crippen molar-refractivity contribution in [3.05, 3.63) is 131 Å². The van der Waals surface area contributed by atoms with Crippen LogP contribution in [0.3, 0.4) is 0 Å². The molecule has 9 amide bonds. The van der Waals surface area contributed by atoms with Gasteiger partial charge in [0.1, 0.15) is 71.9 Å². The lowest BCUT2D eigenvalue weighted by Crippen LogP contribution is -2.37. The van der Waals surface area contributed by atoms with Gasteiger partial charge in [-0.2, -0.15) is 15.4 Å². The predicted molar refractivity (Wildman–Crippen MR) is 460 cm³/mol. The summed E-state index contributed by atoms with van der Waals surface area (Å²) in [5, 5.41) is 28.6. The van der Waals surface area contributed by atoms with E-state index >= 15 is 0 Å². The number of thiocarbonyl (C=S) groups is 4. The van der Waals surface area contributed by atoms with Crippen LogP contribution in [-0.2, 0) is 14.4 Å². The highest BCUT2D eigenvalue weighted by Gasteiger charge is 2.38. The summed E-state index contributed by atoms with van der Waals surface area (Å²) >= 11 is 20.8. The number of imide groups is 2. The number of carbonyl (C=O) groups is 6. The second-order valence-corrected chi connectivity index (χ2v) is 31.5. The summed E-state index contributed by atoms with van der Waals surface area (Å²) in [7, 11) is 1.63. The van der Waals surface area contributed by atoms with Crippen LogP contribution in [0.4, 0.5) is 14.4 Å². The topological polar surface area (TPSA) is 380 Å². The molecule has 115 heavy (non-hydrogen) atoms. The van der Waals surface area contributed by atoms with E-state index in [9.17, 15) is 47.9 Å². The van der Waals surface area contributed by atoms with Gasteiger partial charge in [0.25, 0.3) is 22.9 Å². The summed E-state index contributed by atoms with van der Waals surface area (Å²) in [6, 6.07) is 3.65. The highest BCUT2D eigenvalue weighted by molar-refractivity contribution is 7.82. The Balaban J connectivity index is 0.000000634. The number of aromatic nitrogens is 8. The standard InChI is InChI=1S/C9H12O2.C8H14N2O2.2C8H14N2OS.C8H14N2S2.C8H10O3.C7H12N2O2.2C6H9NO2.2C5H9N3/c1-6(2)8-5-11-4-7(3)9(8)10;1-4-9-5-7(11)10(6(2)3)8(9)12;1-4-9-5-7(12)10(6(2)3)8(9)11;2*1-4-9-5-7(11)10(6(2)3)8(9)12;1-5(2)8-3-6(9)7(10)4-11-8;1-5(2)9-6(10)4-8(3)7(9)11;1-4(2)5-3-9-7-6(5)8;1-4(2)5-3-6(8)7-9-5;1-5(2)8-3-6-7-4-8;1-4(2)5-6-3-7-8-5/h4-6H,1-3H3;4*6H,4-5H2,1-3H3;3-5,10H,1-2H3;5H,4H2,1-3H3;2*3-4H,1-2H3,(H,7,8);3-5H,1-2H3;3-4H,1-2H3,(H,6,7,8). The van der Waals surface area contributed by atoms with Crippen LogP contribution in [0.15, 0.2) is 93.2 Å². The van der Waals surface area contributed by atoms with Crippen molar-refractivity contribution < 1.29 is 51.8 Å². The lowest BCUT2D eigenvalue weighted by Gasteiger charge is -2.23. The molecule has 37 heteroatoms. The van der Waals surface area contributed by atoms with Gasteiger partial charge in [-0.1, -0.05) is 93.7 Å². The number of carbonyl (C=O) groups excluding carboxylic acids is 6. The van der Waals surface area contributed by atoms with Crippen LogP contribution in [0, 0.1) is 6.92 Å². The first-order chi connectivity index (χ1) is 53.6. The molecular weight excluding hydrogens is 1560 g/mol. The fourth-order valence-corrected chi connectivity index (χ4v) is 12.3. The number of aromatic hydroxyl groups is 1. The van der Waals surface area contributed by atoms with Crippen molar-refractivity contribution in [1.82, 2.24) is 89.3 Å². The third kappa shape index (κ3) is 32.9. The van der Waals surface area contributed by atoms with Gasteiger partial charge in [-0.05, 0) is 154 Å². The molecule has 11 rings (SSSR count). The van der Waals surface area contributed by atoms with E-state index in [1.807, 2.05) is 146 Å². The number of rotatable bonds is 15. The van der Waals surface area contributed by atoms with E-state index in [0.29, 0.717) is 65.4 Å². The maximum absolute atomic E-state index is 11.6.